The Hall–Kier alpha value is 1.98. The van der Waals surface area contributed by atoms with Crippen LogP contribution in [0.5, 0.6) is 0 Å². The zero-order valence-corrected chi connectivity index (χ0v) is 40.9. The van der Waals surface area contributed by atoms with E-state index in [0.717, 1.165) is 0 Å². The van der Waals surface area contributed by atoms with Gasteiger partial charge in [-0.25, -0.2) is 11.3 Å². The molecule has 3 radical (unpaired) electrons. The van der Waals surface area contributed by atoms with Crippen molar-refractivity contribution in [2.24, 2.45) is 0 Å². The maximum atomic E-state index is 3.67. The van der Waals surface area contributed by atoms with Crippen LogP contribution in [0.4, 0.5) is 0 Å². The third-order valence-electron chi connectivity index (χ3n) is 7.78. The summed E-state index contributed by atoms with van der Waals surface area (Å²) in [5.74, 6) is 0. The molecule has 249 valence electrons. The minimum absolute atomic E-state index is 0. The van der Waals surface area contributed by atoms with Gasteiger partial charge in [-0.2, -0.15) is 45.1 Å². The summed E-state index contributed by atoms with van der Waals surface area (Å²) in [6, 6.07) is 14.3. The van der Waals surface area contributed by atoms with Crippen molar-refractivity contribution in [2.75, 3.05) is 0 Å². The molecule has 0 nitrogen and oxygen atoms in total. The van der Waals surface area contributed by atoms with Crippen molar-refractivity contribution in [3.05, 3.63) is 64.2 Å². The molecule has 0 saturated carbocycles. The monoisotopic (exact) mass is 895 g/mol. The van der Waals surface area contributed by atoms with E-state index in [1.165, 1.54) is 27.8 Å². The molecule has 3 aromatic carbocycles. The standard InChI is InChI=1S/2C11H21Si2.C10H15.2Fe.Ru.2S2/c2*1-12(2,3)10-7-8-11(9-10)13(4,5)6;1-6-7(2)9(4)10(5)8(6)3;;;;2*1-2/h2*7-9H,1-6H3;1-5H3;;;;;/q-5;2*-1;2*+5;+1;2*-2. The van der Waals surface area contributed by atoms with Crippen LogP contribution in [0, 0.1) is 34.6 Å². The Labute approximate surface area is 327 Å². The molecule has 0 spiro atoms. The molecule has 0 aliphatic rings. The summed E-state index contributed by atoms with van der Waals surface area (Å²) >= 11 is 14.7. The Bertz CT molecular complexity index is 945. The minimum atomic E-state index is -1.07. The predicted molar refractivity (Wildman–Crippen MR) is 211 cm³/mol. The molecule has 0 aromatic heterocycles. The van der Waals surface area contributed by atoms with E-state index >= 15 is 0 Å². The third-order valence-corrected chi connectivity index (χ3v) is 16.0. The quantitative estimate of drug-likeness (QED) is 0.113. The van der Waals surface area contributed by atoms with Crippen LogP contribution in [0.15, 0.2) is 36.4 Å². The predicted octanol–water partition coefficient (Wildman–Crippen LogP) is 7.92. The van der Waals surface area contributed by atoms with E-state index in [9.17, 15) is 0 Å². The van der Waals surface area contributed by atoms with Gasteiger partial charge in [0.05, 0.1) is 0 Å². The van der Waals surface area contributed by atoms with Crippen molar-refractivity contribution in [1.82, 2.24) is 0 Å². The summed E-state index contributed by atoms with van der Waals surface area (Å²) in [6.45, 7) is 40.0. The van der Waals surface area contributed by atoms with Gasteiger partial charge in [-0.1, -0.05) is 113 Å². The molecule has 11 heteroatoms. The molecule has 3 aromatic rings. The first kappa shape index (κ1) is 54.4. The average Bonchev–Trinajstić information content (AvgIpc) is 3.57. The summed E-state index contributed by atoms with van der Waals surface area (Å²) < 4.78 is 0. The number of hydrogen-bond acceptors (Lipinski definition) is 4. The second-order valence-corrected chi connectivity index (χ2v) is 35.2. The van der Waals surface area contributed by atoms with Gasteiger partial charge in [0, 0.05) is 16.1 Å². The van der Waals surface area contributed by atoms with Crippen LogP contribution >= 0.6 is 0 Å². The van der Waals surface area contributed by atoms with Crippen LogP contribution in [0.25, 0.3) is 0 Å². The molecule has 0 N–H and O–H groups in total. The van der Waals surface area contributed by atoms with E-state index in [0.29, 0.717) is 0 Å². The van der Waals surface area contributed by atoms with Gasteiger partial charge in [-0.3, -0.25) is 0 Å². The topological polar surface area (TPSA) is 0 Å². The Morgan fingerprint density at radius 2 is 0.930 bits per heavy atom. The van der Waals surface area contributed by atoms with Crippen molar-refractivity contribution in [3.8, 4) is 0 Å². The van der Waals surface area contributed by atoms with Crippen LogP contribution in [0.3, 0.4) is 0 Å². The van der Waals surface area contributed by atoms with Gasteiger partial charge in [0.1, 0.15) is 0 Å². The van der Waals surface area contributed by atoms with E-state index in [-0.39, 0.29) is 53.6 Å². The molecule has 0 amide bonds. The third kappa shape index (κ3) is 18.9. The Kier molecular flexibility index (Phi) is 29.6. The molecule has 0 aliphatic heterocycles. The Balaban J connectivity index is -0.000000154. The van der Waals surface area contributed by atoms with Crippen LogP contribution in [-0.4, -0.2) is 32.3 Å². The van der Waals surface area contributed by atoms with E-state index < -0.39 is 32.3 Å². The van der Waals surface area contributed by atoms with Gasteiger partial charge in [0.2, 0.25) is 0 Å². The van der Waals surface area contributed by atoms with Gasteiger partial charge < -0.3 is 75.2 Å². The summed E-state index contributed by atoms with van der Waals surface area (Å²) in [6.07, 6.45) is 0. The van der Waals surface area contributed by atoms with Gasteiger partial charge in [0.15, 0.2) is 0 Å². The fourth-order valence-corrected chi connectivity index (χ4v) is 9.13. The Morgan fingerprint density at radius 3 is 1.07 bits per heavy atom. The summed E-state index contributed by atoms with van der Waals surface area (Å²) in [7, 11) is -4.28. The van der Waals surface area contributed by atoms with Crippen molar-refractivity contribution in [1.29, 1.82) is 0 Å². The smallest absolute Gasteiger partial charge is 1.00 e. The molecule has 0 fully saturated rings. The van der Waals surface area contributed by atoms with Gasteiger partial charge in [0.25, 0.3) is 0 Å². The largest absolute Gasteiger partial charge is 5.00 e. The second kappa shape index (κ2) is 23.4. The van der Waals surface area contributed by atoms with Gasteiger partial charge in [-0.15, -0.1) is 16.1 Å². The van der Waals surface area contributed by atoms with Crippen LogP contribution in [-0.2, 0) is 100 Å². The van der Waals surface area contributed by atoms with E-state index in [1.54, 1.807) is 20.7 Å². The Morgan fingerprint density at radius 1 is 0.605 bits per heavy atom. The second-order valence-electron chi connectivity index (χ2n) is 14.9. The van der Waals surface area contributed by atoms with Crippen LogP contribution in [0.2, 0.25) is 78.6 Å². The molecular formula is C32H57Fe2RuS4Si4. The van der Waals surface area contributed by atoms with Gasteiger partial charge in [-0.05, 0) is 0 Å². The minimum Gasteiger partial charge on any atom is -1.00 e. The van der Waals surface area contributed by atoms with E-state index in [2.05, 4.69) is 196 Å². The van der Waals surface area contributed by atoms with Gasteiger partial charge >= 0.3 is 53.6 Å². The molecule has 0 aliphatic carbocycles. The fourth-order valence-electron chi connectivity index (χ4n) is 4.16. The fraction of sp³-hybridized carbons (Fsp3) is 0.531. The number of hydrogen-bond donors (Lipinski definition) is 0. The first-order chi connectivity index (χ1) is 18.0. The van der Waals surface area contributed by atoms with Crippen LogP contribution < -0.4 is 20.7 Å². The molecule has 0 heterocycles. The molecule has 43 heavy (non-hydrogen) atoms. The molecule has 0 saturated heterocycles. The first-order valence-corrected chi connectivity index (χ1v) is 30.7. The normalized spacial score (nSPS) is 10.8. The summed E-state index contributed by atoms with van der Waals surface area (Å²) in [5.41, 5.74) is 7.34. The molecule has 0 atom stereocenters. The van der Waals surface area contributed by atoms with Crippen molar-refractivity contribution < 1.29 is 53.6 Å². The maximum absolute atomic E-state index is 3.67. The van der Waals surface area contributed by atoms with E-state index in [1.807, 2.05) is 0 Å². The van der Waals surface area contributed by atoms with Crippen molar-refractivity contribution in [2.45, 2.75) is 113 Å². The number of rotatable bonds is 4. The zero-order chi connectivity index (χ0) is 32.4. The molecular weight excluding hydrogens is 838 g/mol. The van der Waals surface area contributed by atoms with Crippen molar-refractivity contribution in [3.63, 3.8) is 0 Å². The molecule has 0 bridgehead atoms. The summed E-state index contributed by atoms with van der Waals surface area (Å²) in [5, 5.41) is 6.46. The maximum Gasteiger partial charge on any atom is 5.00 e. The average molecular weight is 895 g/mol. The first-order valence-electron chi connectivity index (χ1n) is 14.1. The SMILES string of the molecule is C[Si](C)(C)[c-]1[cH-][cH-][c-]([Si](C)(C)C)[cH-]1.C[Si](C)(C)c1cc[c-]([Si](C)(C)C)c1.Cc1c(C)c(C)[c-](C)c1C.[Fe+5].[Fe+5].[Ru+].[S-][S-].[S-][S-]. The zero-order valence-electron chi connectivity index (χ0n) is 29.7. The summed E-state index contributed by atoms with van der Waals surface area (Å²) in [4.78, 5) is 0. The van der Waals surface area contributed by atoms with Crippen molar-refractivity contribution >= 4 is 99.7 Å². The molecule has 3 rings (SSSR count). The van der Waals surface area contributed by atoms with Crippen LogP contribution in [0.1, 0.15) is 27.8 Å². The molecule has 0 unspecified atom stereocenters. The van der Waals surface area contributed by atoms with E-state index in [4.69, 9.17) is 0 Å².